The number of hydrogen-bond donors (Lipinski definition) is 0. The summed E-state index contributed by atoms with van der Waals surface area (Å²) < 4.78 is 61.4. The lowest BCUT2D eigenvalue weighted by atomic mass is 10.1. The van der Waals surface area contributed by atoms with Crippen LogP contribution in [0.4, 0.5) is 0 Å². The van der Waals surface area contributed by atoms with Crippen LogP contribution in [0.15, 0.2) is 0 Å². The first-order valence-corrected chi connectivity index (χ1v) is 2.92. The third-order valence-electron chi connectivity index (χ3n) is 1.07. The molecule has 1 heterocycles. The molecule has 0 amide bonds. The Kier molecular flexibility index (Phi) is 0.503. The van der Waals surface area contributed by atoms with Crippen molar-refractivity contribution in [1.29, 1.82) is 0 Å². The Morgan fingerprint density at radius 2 is 1.67 bits per heavy atom. The van der Waals surface area contributed by atoms with Gasteiger partial charge in [0.15, 0.2) is 0 Å². The van der Waals surface area contributed by atoms with Crippen molar-refractivity contribution in [3.63, 3.8) is 0 Å². The standard InChI is InChI=1S/C8H17N/c1-8(2,3)9-6-4-5-7-9/h4-7H2,1-3H3/i4D2,5D2,6D2,7D2. The molecule has 0 aliphatic carbocycles. The van der Waals surface area contributed by atoms with E-state index in [1.807, 2.05) is 0 Å². The number of likely N-dealkylation sites (tertiary alicyclic amines) is 1. The third kappa shape index (κ3) is 1.68. The fourth-order valence-corrected chi connectivity index (χ4v) is 0.531. The van der Waals surface area contributed by atoms with Crippen molar-refractivity contribution in [1.82, 2.24) is 4.90 Å². The molecule has 54 valence electrons. The second kappa shape index (κ2) is 2.30. The topological polar surface area (TPSA) is 3.24 Å². The average Bonchev–Trinajstić information content (AvgIpc) is 2.03. The van der Waals surface area contributed by atoms with Gasteiger partial charge in [0.05, 0.1) is 0 Å². The molecule has 0 saturated carbocycles. The van der Waals surface area contributed by atoms with Crippen LogP contribution < -0.4 is 0 Å². The van der Waals surface area contributed by atoms with Gasteiger partial charge in [0.2, 0.25) is 0 Å². The van der Waals surface area contributed by atoms with E-state index in [1.165, 1.54) is 20.8 Å². The summed E-state index contributed by atoms with van der Waals surface area (Å²) in [5, 5.41) is 0. The summed E-state index contributed by atoms with van der Waals surface area (Å²) in [6, 6.07) is 0. The minimum atomic E-state index is -2.93. The van der Waals surface area contributed by atoms with Crippen molar-refractivity contribution < 1.29 is 11.0 Å². The second-order valence-corrected chi connectivity index (χ2v) is 2.98. The van der Waals surface area contributed by atoms with Crippen molar-refractivity contribution in [2.45, 2.75) is 39.1 Å². The molecule has 0 bridgehead atoms. The normalized spacial score (nSPS) is 58.6. The lowest BCUT2D eigenvalue weighted by molar-refractivity contribution is 0.175. The van der Waals surface area contributed by atoms with Crippen LogP contribution in [0.3, 0.4) is 0 Å². The monoisotopic (exact) mass is 135 g/mol. The van der Waals surface area contributed by atoms with Gasteiger partial charge in [-0.2, -0.15) is 0 Å². The Morgan fingerprint density at radius 1 is 1.22 bits per heavy atom. The highest BCUT2D eigenvalue weighted by molar-refractivity contribution is 4.79. The average molecular weight is 135 g/mol. The van der Waals surface area contributed by atoms with E-state index in [1.54, 1.807) is 0 Å². The van der Waals surface area contributed by atoms with Crippen LogP contribution in [0.1, 0.15) is 44.5 Å². The molecule has 1 rings (SSSR count). The SMILES string of the molecule is [2H]C1([2H])N(C(C)(C)C)C([2H])([2H])C([2H])([2H])C1([2H])[2H]. The molecule has 0 aromatic heterocycles. The molecule has 0 N–H and O–H groups in total. The Hall–Kier alpha value is -0.0400. The van der Waals surface area contributed by atoms with Gasteiger partial charge in [0.25, 0.3) is 0 Å². The quantitative estimate of drug-likeness (QED) is 0.490. The molecular weight excluding hydrogens is 110 g/mol. The smallest absolute Gasteiger partial charge is 0.0431 e. The molecule has 0 radical (unpaired) electrons. The van der Waals surface area contributed by atoms with Crippen molar-refractivity contribution in [2.75, 3.05) is 13.0 Å². The molecule has 0 unspecified atom stereocenters. The van der Waals surface area contributed by atoms with Crippen LogP contribution in [-0.4, -0.2) is 23.4 Å². The van der Waals surface area contributed by atoms with Gasteiger partial charge in [0.1, 0.15) is 0 Å². The van der Waals surface area contributed by atoms with E-state index in [4.69, 9.17) is 11.0 Å². The van der Waals surface area contributed by atoms with E-state index in [0.29, 0.717) is 4.90 Å². The maximum atomic E-state index is 7.75. The highest BCUT2D eigenvalue weighted by atomic mass is 15.2. The lowest BCUT2D eigenvalue weighted by Gasteiger charge is -2.31. The first kappa shape index (κ1) is 1.97. The maximum Gasteiger partial charge on any atom is 0.0431 e. The van der Waals surface area contributed by atoms with Crippen LogP contribution in [0.2, 0.25) is 0 Å². The van der Waals surface area contributed by atoms with Crippen molar-refractivity contribution >= 4 is 0 Å². The molecule has 1 fully saturated rings. The Balaban J connectivity index is 3.54. The van der Waals surface area contributed by atoms with E-state index < -0.39 is 31.3 Å². The highest BCUT2D eigenvalue weighted by Crippen LogP contribution is 2.19. The molecule has 0 aromatic rings. The summed E-state index contributed by atoms with van der Waals surface area (Å²) in [7, 11) is 0. The molecule has 1 saturated heterocycles. The summed E-state index contributed by atoms with van der Waals surface area (Å²) in [5.41, 5.74) is -1.04. The van der Waals surface area contributed by atoms with Gasteiger partial charge < -0.3 is 0 Å². The summed E-state index contributed by atoms with van der Waals surface area (Å²) >= 11 is 0. The summed E-state index contributed by atoms with van der Waals surface area (Å²) in [4.78, 5) is 0.646. The molecule has 1 nitrogen and oxygen atoms in total. The van der Waals surface area contributed by atoms with Gasteiger partial charge in [-0.3, -0.25) is 4.90 Å². The molecule has 0 spiro atoms. The number of hydrogen-bond acceptors (Lipinski definition) is 1. The molecule has 1 aliphatic rings. The van der Waals surface area contributed by atoms with Crippen LogP contribution in [0, 0.1) is 0 Å². The van der Waals surface area contributed by atoms with Gasteiger partial charge in [-0.05, 0) is 46.5 Å². The van der Waals surface area contributed by atoms with Gasteiger partial charge >= 0.3 is 0 Å². The van der Waals surface area contributed by atoms with Gasteiger partial charge in [-0.15, -0.1) is 0 Å². The fourth-order valence-electron chi connectivity index (χ4n) is 0.531. The third-order valence-corrected chi connectivity index (χ3v) is 1.07. The molecule has 0 aromatic carbocycles. The van der Waals surface area contributed by atoms with Crippen LogP contribution in [0.5, 0.6) is 0 Å². The minimum absolute atomic E-state index is 0.646. The predicted molar refractivity (Wildman–Crippen MR) is 40.6 cm³/mol. The Bertz CT molecular complexity index is 303. The number of nitrogens with zero attached hydrogens (tertiary/aromatic N) is 1. The summed E-state index contributed by atoms with van der Waals surface area (Å²) in [5.74, 6) is 0. The van der Waals surface area contributed by atoms with E-state index >= 15 is 0 Å². The number of rotatable bonds is 0. The Labute approximate surface area is 69.3 Å². The van der Waals surface area contributed by atoms with Crippen molar-refractivity contribution in [3.8, 4) is 0 Å². The summed E-state index contributed by atoms with van der Waals surface area (Å²) in [6.45, 7) is -0.864. The van der Waals surface area contributed by atoms with E-state index in [-0.39, 0.29) is 0 Å². The van der Waals surface area contributed by atoms with Gasteiger partial charge in [-0.1, -0.05) is 0 Å². The zero-order valence-corrected chi connectivity index (χ0v) is 5.95. The van der Waals surface area contributed by atoms with Crippen LogP contribution >= 0.6 is 0 Å². The highest BCUT2D eigenvalue weighted by Gasteiger charge is 2.23. The zero-order valence-electron chi connectivity index (χ0n) is 13.9. The Morgan fingerprint density at radius 3 is 1.89 bits per heavy atom. The summed E-state index contributed by atoms with van der Waals surface area (Å²) in [6.07, 6.45) is -5.87. The molecule has 9 heavy (non-hydrogen) atoms. The fraction of sp³-hybridized carbons (Fsp3) is 1.00. The van der Waals surface area contributed by atoms with E-state index in [9.17, 15) is 0 Å². The molecule has 1 heteroatoms. The second-order valence-electron chi connectivity index (χ2n) is 2.98. The first-order valence-electron chi connectivity index (χ1n) is 6.92. The van der Waals surface area contributed by atoms with Gasteiger partial charge in [0, 0.05) is 16.5 Å². The predicted octanol–water partition coefficient (Wildman–Crippen LogP) is 1.88. The minimum Gasteiger partial charge on any atom is -0.298 e. The van der Waals surface area contributed by atoms with Crippen molar-refractivity contribution in [3.05, 3.63) is 0 Å². The molecule has 1 aliphatic heterocycles. The van der Waals surface area contributed by atoms with Crippen LogP contribution in [-0.2, 0) is 0 Å². The van der Waals surface area contributed by atoms with Gasteiger partial charge in [-0.25, -0.2) is 0 Å². The van der Waals surface area contributed by atoms with E-state index in [2.05, 4.69) is 0 Å². The molecular formula is C8H17N. The van der Waals surface area contributed by atoms with Crippen LogP contribution in [0.25, 0.3) is 0 Å². The van der Waals surface area contributed by atoms with Crippen molar-refractivity contribution in [2.24, 2.45) is 0 Å². The van der Waals surface area contributed by atoms with E-state index in [0.717, 1.165) is 0 Å². The molecule has 0 atom stereocenters. The maximum absolute atomic E-state index is 7.75. The lowest BCUT2D eigenvalue weighted by Crippen LogP contribution is -2.38. The largest absolute Gasteiger partial charge is 0.298 e. The zero-order chi connectivity index (χ0) is 14.1. The first-order chi connectivity index (χ1) is 7.12.